The van der Waals surface area contributed by atoms with Gasteiger partial charge in [-0.1, -0.05) is 37.0 Å². The number of rotatable bonds is 6. The van der Waals surface area contributed by atoms with Crippen molar-refractivity contribution in [3.05, 3.63) is 29.3 Å². The Bertz CT molecular complexity index is 459. The minimum Gasteiger partial charge on any atom is -0.369 e. The van der Waals surface area contributed by atoms with Gasteiger partial charge in [0.15, 0.2) is 0 Å². The summed E-state index contributed by atoms with van der Waals surface area (Å²) in [6.45, 7) is 6.68. The van der Waals surface area contributed by atoms with Gasteiger partial charge in [-0.05, 0) is 51.2 Å². The predicted octanol–water partition coefficient (Wildman–Crippen LogP) is 4.41. The third kappa shape index (κ3) is 3.79. The molecule has 21 heavy (non-hydrogen) atoms. The first-order chi connectivity index (χ1) is 10.3. The third-order valence-electron chi connectivity index (χ3n) is 5.06. The highest BCUT2D eigenvalue weighted by atomic mass is 15.2. The predicted molar refractivity (Wildman–Crippen MR) is 90.9 cm³/mol. The standard InChI is InChI=1S/C19H30N2/c1-3-21(18-7-5-4-6-8-18)19-12-9-15(2)13-16(19)14-20-17-10-11-17/h9,12-13,17-18,20H,3-8,10-11,14H2,1-2H3. The molecule has 0 radical (unpaired) electrons. The summed E-state index contributed by atoms with van der Waals surface area (Å²) in [7, 11) is 0. The van der Waals surface area contributed by atoms with Crippen molar-refractivity contribution in [1.29, 1.82) is 0 Å². The van der Waals surface area contributed by atoms with E-state index in [1.165, 1.54) is 61.8 Å². The van der Waals surface area contributed by atoms with Crippen molar-refractivity contribution >= 4 is 5.69 Å². The summed E-state index contributed by atoms with van der Waals surface area (Å²) in [5.74, 6) is 0. The average molecular weight is 286 g/mol. The summed E-state index contributed by atoms with van der Waals surface area (Å²) in [6, 6.07) is 8.56. The van der Waals surface area contributed by atoms with Gasteiger partial charge < -0.3 is 10.2 Å². The van der Waals surface area contributed by atoms with Gasteiger partial charge >= 0.3 is 0 Å². The Labute approximate surface area is 129 Å². The van der Waals surface area contributed by atoms with Gasteiger partial charge in [0.1, 0.15) is 0 Å². The van der Waals surface area contributed by atoms with Crippen LogP contribution < -0.4 is 10.2 Å². The first-order valence-electron chi connectivity index (χ1n) is 8.87. The van der Waals surface area contributed by atoms with E-state index < -0.39 is 0 Å². The summed E-state index contributed by atoms with van der Waals surface area (Å²) in [5, 5.41) is 3.70. The molecule has 0 bridgehead atoms. The first kappa shape index (κ1) is 14.9. The van der Waals surface area contributed by atoms with E-state index in [-0.39, 0.29) is 0 Å². The minimum absolute atomic E-state index is 0.756. The van der Waals surface area contributed by atoms with Gasteiger partial charge in [-0.3, -0.25) is 0 Å². The van der Waals surface area contributed by atoms with Crippen molar-refractivity contribution in [1.82, 2.24) is 5.32 Å². The van der Waals surface area contributed by atoms with E-state index in [0.29, 0.717) is 0 Å². The maximum atomic E-state index is 3.70. The molecule has 2 nitrogen and oxygen atoms in total. The van der Waals surface area contributed by atoms with E-state index in [4.69, 9.17) is 0 Å². The highest BCUT2D eigenvalue weighted by molar-refractivity contribution is 5.56. The van der Waals surface area contributed by atoms with Crippen LogP contribution in [0.4, 0.5) is 5.69 Å². The SMILES string of the molecule is CCN(c1ccc(C)cc1CNC1CC1)C1CCCCC1. The number of aryl methyl sites for hydroxylation is 1. The monoisotopic (exact) mass is 286 g/mol. The zero-order valence-electron chi connectivity index (χ0n) is 13.7. The summed E-state index contributed by atoms with van der Waals surface area (Å²) in [5.41, 5.74) is 4.35. The minimum atomic E-state index is 0.756. The molecule has 0 unspecified atom stereocenters. The number of nitrogens with zero attached hydrogens (tertiary/aromatic N) is 1. The average Bonchev–Trinajstić information content (AvgIpc) is 3.33. The number of benzene rings is 1. The van der Waals surface area contributed by atoms with Crippen molar-refractivity contribution in [2.45, 2.75) is 77.4 Å². The van der Waals surface area contributed by atoms with Crippen molar-refractivity contribution in [3.8, 4) is 0 Å². The fourth-order valence-corrected chi connectivity index (χ4v) is 3.70. The van der Waals surface area contributed by atoms with Crippen LogP contribution in [0, 0.1) is 6.92 Å². The lowest BCUT2D eigenvalue weighted by atomic mass is 9.93. The molecule has 1 aromatic rings. The summed E-state index contributed by atoms with van der Waals surface area (Å²) in [4.78, 5) is 2.67. The smallest absolute Gasteiger partial charge is 0.0414 e. The summed E-state index contributed by atoms with van der Waals surface area (Å²) in [6.07, 6.45) is 9.71. The number of hydrogen-bond donors (Lipinski definition) is 1. The van der Waals surface area contributed by atoms with Crippen LogP contribution in [0.15, 0.2) is 18.2 Å². The van der Waals surface area contributed by atoms with E-state index in [2.05, 4.69) is 42.3 Å². The van der Waals surface area contributed by atoms with E-state index in [0.717, 1.165) is 25.2 Å². The molecule has 2 heteroatoms. The quantitative estimate of drug-likeness (QED) is 0.833. The lowest BCUT2D eigenvalue weighted by molar-refractivity contribution is 0.417. The Kier molecular flexibility index (Phi) is 4.84. The van der Waals surface area contributed by atoms with Gasteiger partial charge in [0.05, 0.1) is 0 Å². The molecule has 2 saturated carbocycles. The number of nitrogens with one attached hydrogen (secondary N) is 1. The Morgan fingerprint density at radius 1 is 1.10 bits per heavy atom. The van der Waals surface area contributed by atoms with Crippen molar-refractivity contribution in [2.75, 3.05) is 11.4 Å². The Balaban J connectivity index is 1.79. The molecule has 0 amide bonds. The normalized spacial score (nSPS) is 19.7. The number of anilines is 1. The van der Waals surface area contributed by atoms with E-state index in [1.54, 1.807) is 0 Å². The zero-order valence-corrected chi connectivity index (χ0v) is 13.7. The van der Waals surface area contributed by atoms with Crippen LogP contribution in [0.25, 0.3) is 0 Å². The molecular weight excluding hydrogens is 256 g/mol. The Hall–Kier alpha value is -1.02. The maximum Gasteiger partial charge on any atom is 0.0414 e. The topological polar surface area (TPSA) is 15.3 Å². The largest absolute Gasteiger partial charge is 0.369 e. The van der Waals surface area contributed by atoms with Crippen LogP contribution in [0.3, 0.4) is 0 Å². The molecule has 2 aliphatic rings. The molecule has 2 fully saturated rings. The fraction of sp³-hybridized carbons (Fsp3) is 0.684. The highest BCUT2D eigenvalue weighted by Crippen LogP contribution is 2.31. The molecule has 116 valence electrons. The van der Waals surface area contributed by atoms with Crippen molar-refractivity contribution < 1.29 is 0 Å². The molecule has 0 aromatic heterocycles. The number of hydrogen-bond acceptors (Lipinski definition) is 2. The molecule has 1 aromatic carbocycles. The van der Waals surface area contributed by atoms with Gasteiger partial charge in [0.2, 0.25) is 0 Å². The first-order valence-corrected chi connectivity index (χ1v) is 8.87. The molecule has 0 aliphatic heterocycles. The maximum absolute atomic E-state index is 3.70. The Morgan fingerprint density at radius 3 is 2.52 bits per heavy atom. The molecule has 1 N–H and O–H groups in total. The summed E-state index contributed by atoms with van der Waals surface area (Å²) >= 11 is 0. The molecular formula is C19H30N2. The molecule has 3 rings (SSSR count). The zero-order chi connectivity index (χ0) is 14.7. The van der Waals surface area contributed by atoms with Gasteiger partial charge in [0, 0.05) is 30.9 Å². The van der Waals surface area contributed by atoms with Crippen LogP contribution in [-0.2, 0) is 6.54 Å². The van der Waals surface area contributed by atoms with E-state index in [9.17, 15) is 0 Å². The van der Waals surface area contributed by atoms with Gasteiger partial charge in [-0.2, -0.15) is 0 Å². The van der Waals surface area contributed by atoms with Crippen LogP contribution in [0.2, 0.25) is 0 Å². The van der Waals surface area contributed by atoms with Crippen LogP contribution >= 0.6 is 0 Å². The van der Waals surface area contributed by atoms with E-state index in [1.807, 2.05) is 0 Å². The second-order valence-corrected chi connectivity index (χ2v) is 6.87. The second-order valence-electron chi connectivity index (χ2n) is 6.87. The van der Waals surface area contributed by atoms with Gasteiger partial charge in [-0.25, -0.2) is 0 Å². The van der Waals surface area contributed by atoms with Crippen LogP contribution in [0.1, 0.15) is 63.0 Å². The molecule has 0 heterocycles. The van der Waals surface area contributed by atoms with E-state index >= 15 is 0 Å². The highest BCUT2D eigenvalue weighted by Gasteiger charge is 2.24. The van der Waals surface area contributed by atoms with Crippen molar-refractivity contribution in [2.24, 2.45) is 0 Å². The lowest BCUT2D eigenvalue weighted by Gasteiger charge is -2.37. The second kappa shape index (κ2) is 6.83. The fourth-order valence-electron chi connectivity index (χ4n) is 3.70. The van der Waals surface area contributed by atoms with Crippen LogP contribution in [-0.4, -0.2) is 18.6 Å². The van der Waals surface area contributed by atoms with Crippen molar-refractivity contribution in [3.63, 3.8) is 0 Å². The van der Waals surface area contributed by atoms with Gasteiger partial charge in [0.25, 0.3) is 0 Å². The third-order valence-corrected chi connectivity index (χ3v) is 5.06. The lowest BCUT2D eigenvalue weighted by Crippen LogP contribution is -2.37. The van der Waals surface area contributed by atoms with Gasteiger partial charge in [-0.15, -0.1) is 0 Å². The Morgan fingerprint density at radius 2 is 1.86 bits per heavy atom. The molecule has 2 aliphatic carbocycles. The molecule has 0 atom stereocenters. The molecule has 0 spiro atoms. The molecule has 0 saturated heterocycles. The van der Waals surface area contributed by atoms with Crippen LogP contribution in [0.5, 0.6) is 0 Å². The summed E-state index contributed by atoms with van der Waals surface area (Å²) < 4.78 is 0.